The van der Waals surface area contributed by atoms with Crippen molar-refractivity contribution in [1.82, 2.24) is 15.2 Å². The Balaban J connectivity index is 1.57. The van der Waals surface area contributed by atoms with Crippen LogP contribution in [0.2, 0.25) is 5.02 Å². The van der Waals surface area contributed by atoms with Crippen LogP contribution >= 0.6 is 11.6 Å². The summed E-state index contributed by atoms with van der Waals surface area (Å²) in [5, 5.41) is 13.0. The first-order chi connectivity index (χ1) is 16.6. The molecule has 3 heterocycles. The number of aromatic nitrogens is 1. The lowest BCUT2D eigenvalue weighted by atomic mass is 9.72. The minimum Gasteiger partial charge on any atom is -0.465 e. The third-order valence-electron chi connectivity index (χ3n) is 7.32. The number of amides is 1. The molecule has 1 amide bonds. The third kappa shape index (κ3) is 4.62. The summed E-state index contributed by atoms with van der Waals surface area (Å²) in [6.07, 6.45) is 1.40. The zero-order valence-corrected chi connectivity index (χ0v) is 20.4. The maximum absolute atomic E-state index is 14.3. The van der Waals surface area contributed by atoms with Gasteiger partial charge in [0.15, 0.2) is 11.6 Å². The molecule has 0 spiro atoms. The predicted octanol–water partition coefficient (Wildman–Crippen LogP) is 3.60. The number of carbonyl (C=O) groups is 3. The summed E-state index contributed by atoms with van der Waals surface area (Å²) >= 11 is 5.86. The van der Waals surface area contributed by atoms with Crippen LogP contribution in [-0.2, 0) is 4.79 Å². The molecule has 2 atom stereocenters. The molecule has 2 aliphatic heterocycles. The highest BCUT2D eigenvalue weighted by molar-refractivity contribution is 6.30. The number of hydrogen-bond donors (Lipinski definition) is 2. The van der Waals surface area contributed by atoms with Gasteiger partial charge in [0, 0.05) is 56.8 Å². The van der Waals surface area contributed by atoms with Gasteiger partial charge < -0.3 is 15.3 Å². The van der Waals surface area contributed by atoms with Crippen molar-refractivity contribution < 1.29 is 23.9 Å². The molecule has 0 saturated carbocycles. The minimum atomic E-state index is -1.36. The zero-order chi connectivity index (χ0) is 25.3. The highest BCUT2D eigenvalue weighted by atomic mass is 35.5. The van der Waals surface area contributed by atoms with Crippen LogP contribution < -0.4 is 10.2 Å². The third-order valence-corrected chi connectivity index (χ3v) is 7.63. The van der Waals surface area contributed by atoms with E-state index >= 15 is 0 Å². The summed E-state index contributed by atoms with van der Waals surface area (Å²) in [4.78, 5) is 45.2. The molecule has 1 aromatic heterocycles. The fourth-order valence-corrected chi connectivity index (χ4v) is 5.39. The van der Waals surface area contributed by atoms with Crippen LogP contribution in [0, 0.1) is 11.7 Å². The monoisotopic (exact) mass is 502 g/mol. The van der Waals surface area contributed by atoms with Crippen molar-refractivity contribution in [2.24, 2.45) is 5.92 Å². The van der Waals surface area contributed by atoms with Crippen molar-refractivity contribution in [3.05, 3.63) is 58.5 Å². The van der Waals surface area contributed by atoms with E-state index in [-0.39, 0.29) is 29.1 Å². The molecule has 2 saturated heterocycles. The lowest BCUT2D eigenvalue weighted by molar-refractivity contribution is -0.134. The maximum atomic E-state index is 14.3. The summed E-state index contributed by atoms with van der Waals surface area (Å²) in [7, 11) is 1.40. The van der Waals surface area contributed by atoms with Gasteiger partial charge in [-0.05, 0) is 49.6 Å². The molecule has 10 heteroatoms. The lowest BCUT2D eigenvalue weighted by Crippen LogP contribution is -2.61. The van der Waals surface area contributed by atoms with Crippen LogP contribution in [0.25, 0.3) is 0 Å². The number of nitrogens with one attached hydrogen (secondary N) is 1. The molecular weight excluding hydrogens is 475 g/mol. The molecule has 2 fully saturated rings. The predicted molar refractivity (Wildman–Crippen MR) is 130 cm³/mol. The van der Waals surface area contributed by atoms with Gasteiger partial charge in [-0.3, -0.25) is 14.5 Å². The Bertz CT molecular complexity index is 1140. The molecule has 2 N–H and O–H groups in total. The van der Waals surface area contributed by atoms with E-state index in [1.54, 1.807) is 24.4 Å². The maximum Gasteiger partial charge on any atom is 0.407 e. The molecular formula is C25H28ClFN4O4. The van der Waals surface area contributed by atoms with Gasteiger partial charge in [-0.25, -0.2) is 14.2 Å². The molecule has 1 aromatic carbocycles. The fraction of sp³-hybridized carbons (Fsp3) is 0.440. The van der Waals surface area contributed by atoms with Crippen LogP contribution in [0.3, 0.4) is 0 Å². The summed E-state index contributed by atoms with van der Waals surface area (Å²) in [6, 6.07) is 7.91. The number of carbonyl (C=O) groups excluding carboxylic acids is 2. The van der Waals surface area contributed by atoms with Gasteiger partial charge in [-0.15, -0.1) is 0 Å². The van der Waals surface area contributed by atoms with E-state index in [0.717, 1.165) is 10.7 Å². The van der Waals surface area contributed by atoms with Crippen LogP contribution in [-0.4, -0.2) is 71.4 Å². The molecule has 0 radical (unpaired) electrons. The molecule has 0 aliphatic carbocycles. The van der Waals surface area contributed by atoms with Crippen LogP contribution in [0.15, 0.2) is 36.5 Å². The van der Waals surface area contributed by atoms with Crippen molar-refractivity contribution in [3.63, 3.8) is 0 Å². The summed E-state index contributed by atoms with van der Waals surface area (Å²) < 4.78 is 14.3. The number of pyridine rings is 1. The van der Waals surface area contributed by atoms with E-state index in [4.69, 9.17) is 11.6 Å². The van der Waals surface area contributed by atoms with E-state index in [9.17, 15) is 23.9 Å². The number of ketones is 2. The Hall–Kier alpha value is -3.04. The summed E-state index contributed by atoms with van der Waals surface area (Å²) in [5.41, 5.74) is -0.290. The van der Waals surface area contributed by atoms with Gasteiger partial charge in [0.05, 0.1) is 5.02 Å². The van der Waals surface area contributed by atoms with Gasteiger partial charge in [-0.2, -0.15) is 0 Å². The number of anilines is 1. The second-order valence-corrected chi connectivity index (χ2v) is 9.62. The molecule has 2 aliphatic rings. The van der Waals surface area contributed by atoms with E-state index in [2.05, 4.69) is 15.2 Å². The quantitative estimate of drug-likeness (QED) is 0.582. The number of halogens is 2. The smallest absolute Gasteiger partial charge is 0.407 e. The summed E-state index contributed by atoms with van der Waals surface area (Å²) in [5.74, 6) is -0.998. The van der Waals surface area contributed by atoms with Gasteiger partial charge in [0.1, 0.15) is 17.2 Å². The van der Waals surface area contributed by atoms with E-state index in [0.29, 0.717) is 43.6 Å². The SMILES string of the molecule is CC(=O)c1ccc(N2CCC(C(=O)[C@@]3(N(C)C(=O)O)CNC[C@H]3c3ccc(Cl)c(F)c3)CC2)nc1. The molecule has 0 unspecified atom stereocenters. The second-order valence-electron chi connectivity index (χ2n) is 9.21. The van der Waals surface area contributed by atoms with Gasteiger partial charge in [-0.1, -0.05) is 17.7 Å². The number of nitrogens with zero attached hydrogens (tertiary/aromatic N) is 3. The highest BCUT2D eigenvalue weighted by Crippen LogP contribution is 2.41. The Kier molecular flexibility index (Phi) is 7.10. The number of likely N-dealkylation sites (N-methyl/N-ethyl adjacent to an activating group) is 1. The number of hydrogen-bond acceptors (Lipinski definition) is 6. The van der Waals surface area contributed by atoms with Crippen LogP contribution in [0.1, 0.15) is 41.6 Å². The Morgan fingerprint density at radius 1 is 1.23 bits per heavy atom. The van der Waals surface area contributed by atoms with Crippen molar-refractivity contribution in [2.45, 2.75) is 31.2 Å². The standard InChI is InChI=1S/C25H28ClFN4O4/c1-15(32)18-4-6-22(29-12-18)31-9-7-16(8-10-31)23(33)25(30(2)24(34)35)14-28-13-19(25)17-3-5-20(26)21(27)11-17/h3-6,11-12,16,19,28H,7-10,13-14H2,1-2H3,(H,34,35)/t19-,25+/m0/s1. The molecule has 0 bridgehead atoms. The van der Waals surface area contributed by atoms with Crippen molar-refractivity contribution in [3.8, 4) is 0 Å². The zero-order valence-electron chi connectivity index (χ0n) is 19.6. The van der Waals surface area contributed by atoms with E-state index < -0.39 is 23.4 Å². The van der Waals surface area contributed by atoms with Gasteiger partial charge in [0.2, 0.25) is 0 Å². The normalized spacial score (nSPS) is 22.7. The van der Waals surface area contributed by atoms with Crippen LogP contribution in [0.4, 0.5) is 15.0 Å². The van der Waals surface area contributed by atoms with Gasteiger partial charge in [0.25, 0.3) is 0 Å². The average molecular weight is 503 g/mol. The number of piperidine rings is 1. The van der Waals surface area contributed by atoms with Crippen molar-refractivity contribution >= 4 is 35.1 Å². The Morgan fingerprint density at radius 3 is 2.51 bits per heavy atom. The number of benzene rings is 1. The first-order valence-electron chi connectivity index (χ1n) is 11.5. The summed E-state index contributed by atoms with van der Waals surface area (Å²) in [6.45, 7) is 3.13. The van der Waals surface area contributed by atoms with Crippen molar-refractivity contribution in [1.29, 1.82) is 0 Å². The topological polar surface area (TPSA) is 103 Å². The first kappa shape index (κ1) is 25.1. The minimum absolute atomic E-state index is 0.0273. The average Bonchev–Trinajstić information content (AvgIpc) is 3.31. The molecule has 4 rings (SSSR count). The fourth-order valence-electron chi connectivity index (χ4n) is 5.27. The van der Waals surface area contributed by atoms with E-state index in [1.807, 2.05) is 0 Å². The largest absolute Gasteiger partial charge is 0.465 e. The van der Waals surface area contributed by atoms with Crippen LogP contribution in [0.5, 0.6) is 0 Å². The number of Topliss-reactive ketones (excluding diaryl/α,β-unsaturated/α-hetero) is 2. The lowest BCUT2D eigenvalue weighted by Gasteiger charge is -2.43. The van der Waals surface area contributed by atoms with E-state index in [1.165, 1.54) is 26.1 Å². The molecule has 186 valence electrons. The van der Waals surface area contributed by atoms with Gasteiger partial charge >= 0.3 is 6.09 Å². The number of rotatable bonds is 6. The molecule has 2 aromatic rings. The molecule has 35 heavy (non-hydrogen) atoms. The second kappa shape index (κ2) is 9.91. The Morgan fingerprint density at radius 2 is 1.94 bits per heavy atom. The van der Waals surface area contributed by atoms with Crippen molar-refractivity contribution in [2.75, 3.05) is 38.1 Å². The molecule has 8 nitrogen and oxygen atoms in total. The highest BCUT2D eigenvalue weighted by Gasteiger charge is 2.56. The first-order valence-corrected chi connectivity index (χ1v) is 11.9. The Labute approximate surface area is 208 Å². The number of carboxylic acid groups (broad SMARTS) is 1.